The van der Waals surface area contributed by atoms with Crippen LogP contribution < -0.4 is 5.32 Å². The van der Waals surface area contributed by atoms with Crippen LogP contribution in [0.1, 0.15) is 12.2 Å². The summed E-state index contributed by atoms with van der Waals surface area (Å²) in [5, 5.41) is 3.43. The molecule has 1 N–H and O–H groups in total. The summed E-state index contributed by atoms with van der Waals surface area (Å²) in [7, 11) is 3.61. The van der Waals surface area contributed by atoms with E-state index in [0.29, 0.717) is 5.92 Å². The number of halogens is 1. The van der Waals surface area contributed by atoms with Gasteiger partial charge in [-0.1, -0.05) is 0 Å². The lowest BCUT2D eigenvalue weighted by Gasteiger charge is -2.21. The smallest absolute Gasteiger partial charge is 0.193 e. The number of likely N-dealkylation sites (tertiary alicyclic amines) is 1. The summed E-state index contributed by atoms with van der Waals surface area (Å²) in [6.45, 7) is 6.69. The van der Waals surface area contributed by atoms with Crippen molar-refractivity contribution in [1.29, 1.82) is 0 Å². The molecule has 0 bridgehead atoms. The van der Waals surface area contributed by atoms with Crippen molar-refractivity contribution < 1.29 is 4.74 Å². The number of methoxy groups -OCH3 is 1. The van der Waals surface area contributed by atoms with Crippen molar-refractivity contribution in [3.05, 3.63) is 18.2 Å². The van der Waals surface area contributed by atoms with Gasteiger partial charge in [0.15, 0.2) is 5.96 Å². The van der Waals surface area contributed by atoms with Crippen molar-refractivity contribution >= 4 is 29.9 Å². The van der Waals surface area contributed by atoms with Crippen molar-refractivity contribution in [2.24, 2.45) is 10.9 Å². The van der Waals surface area contributed by atoms with Gasteiger partial charge in [0.05, 0.1) is 6.61 Å². The Morgan fingerprint density at radius 1 is 1.57 bits per heavy atom. The Balaban J connectivity index is 0.00000220. The van der Waals surface area contributed by atoms with Gasteiger partial charge in [-0.25, -0.2) is 4.98 Å². The number of aliphatic imine (C=N–C) groups is 1. The molecule has 21 heavy (non-hydrogen) atoms. The fourth-order valence-corrected chi connectivity index (χ4v) is 2.66. The fourth-order valence-electron chi connectivity index (χ4n) is 2.66. The van der Waals surface area contributed by atoms with Crippen LogP contribution in [0, 0.1) is 12.8 Å². The van der Waals surface area contributed by atoms with Gasteiger partial charge in [-0.3, -0.25) is 4.99 Å². The van der Waals surface area contributed by atoms with Crippen LogP contribution in [-0.4, -0.2) is 60.8 Å². The third-order valence-electron chi connectivity index (χ3n) is 3.76. The molecular formula is C14H26IN5O. The molecule has 2 rings (SSSR count). The molecule has 0 aliphatic carbocycles. The van der Waals surface area contributed by atoms with Crippen LogP contribution in [0.3, 0.4) is 0 Å². The molecule has 7 heteroatoms. The second kappa shape index (κ2) is 9.24. The Labute approximate surface area is 144 Å². The second-order valence-corrected chi connectivity index (χ2v) is 5.20. The molecule has 1 fully saturated rings. The first kappa shape index (κ1) is 18.2. The zero-order valence-electron chi connectivity index (χ0n) is 13.1. The molecule has 0 amide bonds. The molecule has 0 radical (unpaired) electrons. The summed E-state index contributed by atoms with van der Waals surface area (Å²) in [5.74, 6) is 2.65. The fraction of sp³-hybridized carbons (Fsp3) is 0.714. The number of guanidine groups is 1. The van der Waals surface area contributed by atoms with E-state index in [1.54, 1.807) is 7.11 Å². The number of ether oxygens (including phenoxy) is 1. The van der Waals surface area contributed by atoms with Crippen molar-refractivity contribution in [3.8, 4) is 0 Å². The van der Waals surface area contributed by atoms with E-state index in [4.69, 9.17) is 4.74 Å². The van der Waals surface area contributed by atoms with E-state index in [9.17, 15) is 0 Å². The quantitative estimate of drug-likeness (QED) is 0.455. The van der Waals surface area contributed by atoms with E-state index in [-0.39, 0.29) is 24.0 Å². The first-order valence-corrected chi connectivity index (χ1v) is 7.17. The molecule has 1 aliphatic rings. The molecule has 2 heterocycles. The number of imidazole rings is 1. The molecule has 0 saturated carbocycles. The average molecular weight is 407 g/mol. The van der Waals surface area contributed by atoms with E-state index >= 15 is 0 Å². The molecule has 1 unspecified atom stereocenters. The molecule has 1 aliphatic heterocycles. The summed E-state index contributed by atoms with van der Waals surface area (Å²) in [6, 6.07) is 0. The molecule has 0 aromatic carbocycles. The van der Waals surface area contributed by atoms with Crippen LogP contribution in [0.4, 0.5) is 0 Å². The highest BCUT2D eigenvalue weighted by Gasteiger charge is 2.24. The summed E-state index contributed by atoms with van der Waals surface area (Å²) in [5.41, 5.74) is 0. The van der Waals surface area contributed by atoms with Crippen LogP contribution in [0.25, 0.3) is 0 Å². The Hall–Kier alpha value is -0.830. The van der Waals surface area contributed by atoms with Gasteiger partial charge in [0.25, 0.3) is 0 Å². The Bertz CT molecular complexity index is 448. The van der Waals surface area contributed by atoms with Crippen molar-refractivity contribution in [3.63, 3.8) is 0 Å². The standard InChI is InChI=1S/C14H25N5O.HI/c1-12-16-5-8-18(12)9-6-17-14(15-2)19-7-4-13(10-19)11-20-3;/h5,8,13H,4,6-7,9-11H2,1-3H3,(H,15,17);1H. The zero-order valence-corrected chi connectivity index (χ0v) is 15.4. The monoisotopic (exact) mass is 407 g/mol. The summed E-state index contributed by atoms with van der Waals surface area (Å²) in [6.07, 6.45) is 5.01. The topological polar surface area (TPSA) is 54.7 Å². The zero-order chi connectivity index (χ0) is 14.4. The van der Waals surface area contributed by atoms with Crippen LogP contribution in [0.5, 0.6) is 0 Å². The molecule has 6 nitrogen and oxygen atoms in total. The molecule has 1 saturated heterocycles. The molecule has 1 aromatic heterocycles. The second-order valence-electron chi connectivity index (χ2n) is 5.20. The lowest BCUT2D eigenvalue weighted by atomic mass is 10.1. The van der Waals surface area contributed by atoms with Crippen LogP contribution in [0.2, 0.25) is 0 Å². The summed E-state index contributed by atoms with van der Waals surface area (Å²) < 4.78 is 7.37. The summed E-state index contributed by atoms with van der Waals surface area (Å²) in [4.78, 5) is 10.9. The molecule has 1 aromatic rings. The predicted molar refractivity (Wildman–Crippen MR) is 95.3 cm³/mol. The van der Waals surface area contributed by atoms with E-state index in [2.05, 4.69) is 24.8 Å². The Kier molecular flexibility index (Phi) is 8.02. The summed E-state index contributed by atoms with van der Waals surface area (Å²) >= 11 is 0. The van der Waals surface area contributed by atoms with Gasteiger partial charge >= 0.3 is 0 Å². The Morgan fingerprint density at radius 3 is 3.00 bits per heavy atom. The Morgan fingerprint density at radius 2 is 2.38 bits per heavy atom. The largest absolute Gasteiger partial charge is 0.384 e. The normalized spacial score (nSPS) is 18.7. The number of nitrogens with zero attached hydrogens (tertiary/aromatic N) is 4. The van der Waals surface area contributed by atoms with Crippen molar-refractivity contribution in [2.75, 3.05) is 40.4 Å². The van der Waals surface area contributed by atoms with E-state index < -0.39 is 0 Å². The molecule has 1 atom stereocenters. The van der Waals surface area contributed by atoms with Crippen LogP contribution in [-0.2, 0) is 11.3 Å². The maximum atomic E-state index is 5.23. The molecular weight excluding hydrogens is 381 g/mol. The van der Waals surface area contributed by atoms with Gasteiger partial charge in [0, 0.05) is 58.6 Å². The van der Waals surface area contributed by atoms with E-state index in [1.807, 2.05) is 26.4 Å². The van der Waals surface area contributed by atoms with Gasteiger partial charge in [-0.2, -0.15) is 0 Å². The van der Waals surface area contributed by atoms with E-state index in [1.165, 1.54) is 6.42 Å². The highest BCUT2D eigenvalue weighted by Crippen LogP contribution is 2.16. The number of rotatable bonds is 5. The highest BCUT2D eigenvalue weighted by atomic mass is 127. The first-order valence-electron chi connectivity index (χ1n) is 7.17. The molecule has 120 valence electrons. The first-order chi connectivity index (χ1) is 9.74. The van der Waals surface area contributed by atoms with Gasteiger partial charge in [0.1, 0.15) is 5.82 Å². The number of nitrogens with one attached hydrogen (secondary N) is 1. The minimum Gasteiger partial charge on any atom is -0.384 e. The minimum atomic E-state index is 0. The third-order valence-corrected chi connectivity index (χ3v) is 3.76. The number of aromatic nitrogens is 2. The van der Waals surface area contributed by atoms with Gasteiger partial charge in [0.2, 0.25) is 0 Å². The number of hydrogen-bond donors (Lipinski definition) is 1. The van der Waals surface area contributed by atoms with Gasteiger partial charge in [-0.15, -0.1) is 24.0 Å². The van der Waals surface area contributed by atoms with Crippen molar-refractivity contribution in [2.45, 2.75) is 19.9 Å². The van der Waals surface area contributed by atoms with Crippen molar-refractivity contribution in [1.82, 2.24) is 19.8 Å². The molecule has 0 spiro atoms. The average Bonchev–Trinajstić information content (AvgIpc) is 3.05. The number of aryl methyl sites for hydroxylation is 1. The lowest BCUT2D eigenvalue weighted by molar-refractivity contribution is 0.157. The highest BCUT2D eigenvalue weighted by molar-refractivity contribution is 14.0. The minimum absolute atomic E-state index is 0. The number of hydrogen-bond acceptors (Lipinski definition) is 3. The van der Waals surface area contributed by atoms with Gasteiger partial charge < -0.3 is 19.5 Å². The predicted octanol–water partition coefficient (Wildman–Crippen LogP) is 1.35. The van der Waals surface area contributed by atoms with E-state index in [0.717, 1.165) is 44.6 Å². The third kappa shape index (κ3) is 5.14. The lowest BCUT2D eigenvalue weighted by Crippen LogP contribution is -2.41. The maximum absolute atomic E-state index is 5.23. The van der Waals surface area contributed by atoms with Gasteiger partial charge in [-0.05, 0) is 13.3 Å². The maximum Gasteiger partial charge on any atom is 0.193 e. The van der Waals surface area contributed by atoms with Crippen LogP contribution in [0.15, 0.2) is 17.4 Å². The van der Waals surface area contributed by atoms with Crippen LogP contribution >= 0.6 is 24.0 Å². The SMILES string of the molecule is CN=C(NCCn1ccnc1C)N1CCC(COC)C1.I.